The molecule has 96 valence electrons. The Balaban J connectivity index is 2.69. The molecule has 0 saturated heterocycles. The number of thiophene rings is 1. The molecule has 0 aliphatic carbocycles. The zero-order chi connectivity index (χ0) is 12.8. The molecule has 0 aliphatic heterocycles. The zero-order valence-corrected chi connectivity index (χ0v) is 12.1. The molecule has 5 heteroatoms. The first kappa shape index (κ1) is 14.5. The molecule has 0 aliphatic rings. The number of thioether (sulfide) groups is 1. The van der Waals surface area contributed by atoms with Crippen molar-refractivity contribution >= 4 is 29.1 Å². The van der Waals surface area contributed by atoms with Crippen molar-refractivity contribution in [2.75, 3.05) is 19.1 Å². The number of carbonyl (C=O) groups is 1. The topological polar surface area (TPSA) is 40.5 Å². The highest BCUT2D eigenvalue weighted by Gasteiger charge is 2.17. The predicted octanol–water partition coefficient (Wildman–Crippen LogP) is 3.02. The number of carboxylic acids is 1. The van der Waals surface area contributed by atoms with Crippen LogP contribution in [0.5, 0.6) is 0 Å². The molecule has 0 saturated carbocycles. The van der Waals surface area contributed by atoms with E-state index in [0.29, 0.717) is 17.5 Å². The molecule has 1 heterocycles. The molecule has 0 spiro atoms. The second kappa shape index (κ2) is 7.03. The van der Waals surface area contributed by atoms with Gasteiger partial charge in [-0.25, -0.2) is 4.79 Å². The summed E-state index contributed by atoms with van der Waals surface area (Å²) in [6.07, 6.45) is 3.19. The number of carboxylic acid groups (broad SMARTS) is 1. The van der Waals surface area contributed by atoms with E-state index in [1.54, 1.807) is 0 Å². The molecule has 1 aromatic heterocycles. The van der Waals surface area contributed by atoms with Crippen LogP contribution < -0.4 is 0 Å². The van der Waals surface area contributed by atoms with Crippen LogP contribution in [-0.2, 0) is 6.54 Å². The lowest BCUT2D eigenvalue weighted by Crippen LogP contribution is -2.32. The molecule has 0 amide bonds. The first-order valence-electron chi connectivity index (χ1n) is 5.59. The number of hydrogen-bond donors (Lipinski definition) is 1. The van der Waals surface area contributed by atoms with Gasteiger partial charge in [-0.1, -0.05) is 6.92 Å². The molecule has 0 aromatic carbocycles. The highest BCUT2D eigenvalue weighted by molar-refractivity contribution is 7.98. The average molecular weight is 273 g/mol. The van der Waals surface area contributed by atoms with E-state index >= 15 is 0 Å². The minimum Gasteiger partial charge on any atom is -0.477 e. The fourth-order valence-electron chi connectivity index (χ4n) is 1.79. The van der Waals surface area contributed by atoms with Crippen LogP contribution >= 0.6 is 23.1 Å². The van der Waals surface area contributed by atoms with Crippen molar-refractivity contribution < 1.29 is 9.90 Å². The number of aromatic carboxylic acids is 1. The Hall–Kier alpha value is -0.520. The third-order valence-electron chi connectivity index (χ3n) is 2.81. The Morgan fingerprint density at radius 2 is 2.35 bits per heavy atom. The normalized spacial score (nSPS) is 12.9. The maximum atomic E-state index is 11.0. The quantitative estimate of drug-likeness (QED) is 0.829. The van der Waals surface area contributed by atoms with E-state index < -0.39 is 5.97 Å². The lowest BCUT2D eigenvalue weighted by Gasteiger charge is -2.26. The van der Waals surface area contributed by atoms with Gasteiger partial charge in [-0.05, 0) is 36.7 Å². The summed E-state index contributed by atoms with van der Waals surface area (Å²) >= 11 is 3.13. The summed E-state index contributed by atoms with van der Waals surface area (Å²) in [5.74, 6) is 0.265. The van der Waals surface area contributed by atoms with Gasteiger partial charge in [0.2, 0.25) is 0 Å². The molecule has 3 nitrogen and oxygen atoms in total. The van der Waals surface area contributed by atoms with Gasteiger partial charge in [-0.3, -0.25) is 4.90 Å². The van der Waals surface area contributed by atoms with E-state index in [4.69, 9.17) is 5.11 Å². The van der Waals surface area contributed by atoms with Crippen LogP contribution in [0.4, 0.5) is 0 Å². The molecule has 1 N–H and O–H groups in total. The van der Waals surface area contributed by atoms with Crippen molar-refractivity contribution in [3.8, 4) is 0 Å². The van der Waals surface area contributed by atoms with Crippen molar-refractivity contribution in [1.29, 1.82) is 0 Å². The molecular formula is C12H19NO2S2. The molecule has 1 unspecified atom stereocenters. The Morgan fingerprint density at radius 1 is 1.65 bits per heavy atom. The lowest BCUT2D eigenvalue weighted by atomic mass is 10.2. The highest BCUT2D eigenvalue weighted by atomic mass is 32.2. The number of rotatable bonds is 7. The Bertz CT molecular complexity index is 365. The van der Waals surface area contributed by atoms with Crippen LogP contribution in [-0.4, -0.2) is 41.1 Å². The Labute approximate surface area is 111 Å². The first-order valence-corrected chi connectivity index (χ1v) is 7.86. The molecule has 0 bridgehead atoms. The Kier molecular flexibility index (Phi) is 6.02. The predicted molar refractivity (Wildman–Crippen MR) is 75.2 cm³/mol. The van der Waals surface area contributed by atoms with Crippen LogP contribution in [0.1, 0.15) is 28.6 Å². The molecule has 0 radical (unpaired) electrons. The molecule has 1 atom stereocenters. The fraction of sp³-hybridized carbons (Fsp3) is 0.583. The minimum absolute atomic E-state index is 0.468. The molecule has 1 aromatic rings. The molecule has 17 heavy (non-hydrogen) atoms. The van der Waals surface area contributed by atoms with Crippen molar-refractivity contribution in [3.63, 3.8) is 0 Å². The van der Waals surface area contributed by atoms with E-state index in [1.807, 2.05) is 23.2 Å². The second-order valence-corrected chi connectivity index (χ2v) is 5.84. The summed E-state index contributed by atoms with van der Waals surface area (Å²) in [5, 5.41) is 10.9. The highest BCUT2D eigenvalue weighted by Crippen LogP contribution is 2.20. The van der Waals surface area contributed by atoms with Crippen molar-refractivity contribution in [1.82, 2.24) is 4.90 Å². The van der Waals surface area contributed by atoms with Gasteiger partial charge in [0.1, 0.15) is 4.88 Å². The summed E-state index contributed by atoms with van der Waals surface area (Å²) in [4.78, 5) is 13.7. The fourth-order valence-corrected chi connectivity index (χ4v) is 3.42. The van der Waals surface area contributed by atoms with Crippen LogP contribution in [0.3, 0.4) is 0 Å². The van der Waals surface area contributed by atoms with Crippen LogP contribution in [0.2, 0.25) is 0 Å². The second-order valence-electron chi connectivity index (χ2n) is 4.01. The molecule has 0 fully saturated rings. The number of hydrogen-bond acceptors (Lipinski definition) is 4. The maximum absolute atomic E-state index is 11.0. The van der Waals surface area contributed by atoms with Gasteiger partial charge in [-0.2, -0.15) is 11.8 Å². The van der Waals surface area contributed by atoms with Crippen molar-refractivity contribution in [3.05, 3.63) is 21.9 Å². The SMILES string of the molecule is CCC(CSC)N(C)Cc1ccsc1C(=O)O. The Morgan fingerprint density at radius 3 is 2.88 bits per heavy atom. The summed E-state index contributed by atoms with van der Waals surface area (Å²) in [5.41, 5.74) is 0.921. The summed E-state index contributed by atoms with van der Waals surface area (Å²) in [7, 11) is 2.06. The van der Waals surface area contributed by atoms with Gasteiger partial charge in [-0.15, -0.1) is 11.3 Å². The minimum atomic E-state index is -0.818. The number of nitrogens with zero attached hydrogens (tertiary/aromatic N) is 1. The molecular weight excluding hydrogens is 254 g/mol. The van der Waals surface area contributed by atoms with E-state index in [-0.39, 0.29) is 0 Å². The molecule has 1 rings (SSSR count). The monoisotopic (exact) mass is 273 g/mol. The third-order valence-corrected chi connectivity index (χ3v) is 4.48. The lowest BCUT2D eigenvalue weighted by molar-refractivity contribution is 0.0700. The van der Waals surface area contributed by atoms with Crippen LogP contribution in [0.25, 0.3) is 0 Å². The largest absolute Gasteiger partial charge is 0.477 e. The average Bonchev–Trinajstić information content (AvgIpc) is 2.73. The first-order chi connectivity index (χ1) is 8.10. The van der Waals surface area contributed by atoms with E-state index in [2.05, 4.69) is 25.1 Å². The summed E-state index contributed by atoms with van der Waals surface area (Å²) in [6, 6.07) is 2.42. The van der Waals surface area contributed by atoms with Gasteiger partial charge in [0.25, 0.3) is 0 Å². The van der Waals surface area contributed by atoms with Crippen molar-refractivity contribution in [2.45, 2.75) is 25.9 Å². The van der Waals surface area contributed by atoms with Crippen LogP contribution in [0, 0.1) is 0 Å². The van der Waals surface area contributed by atoms with Gasteiger partial charge in [0.05, 0.1) is 0 Å². The smallest absolute Gasteiger partial charge is 0.346 e. The standard InChI is InChI=1S/C12H19NO2S2/c1-4-10(8-16-3)13(2)7-9-5-6-17-11(9)12(14)15/h5-6,10H,4,7-8H2,1-3H3,(H,14,15). The summed E-state index contributed by atoms with van der Waals surface area (Å²) in [6.45, 7) is 2.88. The van der Waals surface area contributed by atoms with Gasteiger partial charge >= 0.3 is 5.97 Å². The van der Waals surface area contributed by atoms with E-state index in [0.717, 1.165) is 17.7 Å². The van der Waals surface area contributed by atoms with E-state index in [1.165, 1.54) is 11.3 Å². The van der Waals surface area contributed by atoms with Gasteiger partial charge < -0.3 is 5.11 Å². The van der Waals surface area contributed by atoms with Gasteiger partial charge in [0, 0.05) is 18.3 Å². The van der Waals surface area contributed by atoms with E-state index in [9.17, 15) is 4.79 Å². The summed E-state index contributed by atoms with van der Waals surface area (Å²) < 4.78 is 0. The maximum Gasteiger partial charge on any atom is 0.346 e. The third kappa shape index (κ3) is 4.01. The van der Waals surface area contributed by atoms with Crippen LogP contribution in [0.15, 0.2) is 11.4 Å². The van der Waals surface area contributed by atoms with Crippen molar-refractivity contribution in [2.24, 2.45) is 0 Å². The van der Waals surface area contributed by atoms with Gasteiger partial charge in [0.15, 0.2) is 0 Å². The zero-order valence-electron chi connectivity index (χ0n) is 10.5.